The van der Waals surface area contributed by atoms with Gasteiger partial charge in [0.2, 0.25) is 0 Å². The number of aryl methyl sites for hydroxylation is 1. The van der Waals surface area contributed by atoms with Gasteiger partial charge in [-0.3, -0.25) is 4.90 Å². The normalized spacial score (nSPS) is 11.7. The van der Waals surface area contributed by atoms with Gasteiger partial charge in [0.1, 0.15) is 0 Å². The average molecular weight is 284 g/mol. The summed E-state index contributed by atoms with van der Waals surface area (Å²) in [6.45, 7) is 14.0. The van der Waals surface area contributed by atoms with E-state index in [0.29, 0.717) is 0 Å². The summed E-state index contributed by atoms with van der Waals surface area (Å²) in [4.78, 5) is 9.25. The zero-order chi connectivity index (χ0) is 14.1. The van der Waals surface area contributed by atoms with Gasteiger partial charge >= 0.3 is 0 Å². The lowest BCUT2D eigenvalue weighted by molar-refractivity contribution is 0.290. The summed E-state index contributed by atoms with van der Waals surface area (Å²) in [5.41, 5.74) is 1.19. The van der Waals surface area contributed by atoms with E-state index in [2.05, 4.69) is 53.3 Å². The number of hydrogen-bond acceptors (Lipinski definition) is 5. The summed E-state index contributed by atoms with van der Waals surface area (Å²) in [5.74, 6) is 0. The van der Waals surface area contributed by atoms with Gasteiger partial charge in [-0.2, -0.15) is 0 Å². The predicted octanol–water partition coefficient (Wildman–Crippen LogP) is 1.81. The largest absolute Gasteiger partial charge is 0.314 e. The molecule has 0 bridgehead atoms. The van der Waals surface area contributed by atoms with Crippen molar-refractivity contribution < 1.29 is 0 Å². The number of thiazole rings is 1. The monoisotopic (exact) mass is 284 g/mol. The molecule has 1 N–H and O–H groups in total. The van der Waals surface area contributed by atoms with Crippen LogP contribution in [0.15, 0.2) is 5.38 Å². The molecule has 0 atom stereocenters. The molecule has 1 aromatic rings. The van der Waals surface area contributed by atoms with Crippen molar-refractivity contribution in [1.82, 2.24) is 20.1 Å². The molecule has 0 aliphatic heterocycles. The highest BCUT2D eigenvalue weighted by atomic mass is 32.1. The molecule has 0 unspecified atom stereocenters. The van der Waals surface area contributed by atoms with Gasteiger partial charge in [0.15, 0.2) is 0 Å². The minimum atomic E-state index is 0.946. The van der Waals surface area contributed by atoms with E-state index in [1.54, 1.807) is 11.3 Å². The number of hydrogen-bond donors (Lipinski definition) is 1. The van der Waals surface area contributed by atoms with Gasteiger partial charge in [-0.1, -0.05) is 13.8 Å². The van der Waals surface area contributed by atoms with Crippen molar-refractivity contribution in [2.24, 2.45) is 0 Å². The molecule has 4 nitrogen and oxygen atoms in total. The van der Waals surface area contributed by atoms with E-state index in [9.17, 15) is 0 Å². The molecule has 0 radical (unpaired) electrons. The Morgan fingerprint density at radius 2 is 1.89 bits per heavy atom. The van der Waals surface area contributed by atoms with E-state index in [1.807, 2.05) is 0 Å². The molecule has 110 valence electrons. The highest BCUT2D eigenvalue weighted by Crippen LogP contribution is 2.09. The molecule has 5 heteroatoms. The highest BCUT2D eigenvalue weighted by Gasteiger charge is 2.03. The van der Waals surface area contributed by atoms with Gasteiger partial charge in [0.05, 0.1) is 10.7 Å². The maximum Gasteiger partial charge on any atom is 0.0897 e. The Hall–Kier alpha value is -0.490. The minimum Gasteiger partial charge on any atom is -0.314 e. The maximum atomic E-state index is 4.49. The molecule has 0 aliphatic rings. The molecule has 19 heavy (non-hydrogen) atoms. The summed E-state index contributed by atoms with van der Waals surface area (Å²) in [5, 5.41) is 6.81. The number of nitrogens with one attached hydrogen (secondary N) is 1. The fourth-order valence-corrected chi connectivity index (χ4v) is 2.61. The van der Waals surface area contributed by atoms with Crippen molar-refractivity contribution in [3.05, 3.63) is 16.1 Å². The molecule has 1 aromatic heterocycles. The molecule has 0 spiro atoms. The van der Waals surface area contributed by atoms with Crippen LogP contribution in [0, 0.1) is 6.92 Å². The Morgan fingerprint density at radius 1 is 1.21 bits per heavy atom. The molecule has 1 rings (SSSR count). The summed E-state index contributed by atoms with van der Waals surface area (Å²) in [6, 6.07) is 0. The first-order valence-corrected chi connectivity index (χ1v) is 8.06. The van der Waals surface area contributed by atoms with Gasteiger partial charge in [0, 0.05) is 38.1 Å². The van der Waals surface area contributed by atoms with Crippen molar-refractivity contribution in [3.8, 4) is 0 Å². The Kier molecular flexibility index (Phi) is 8.21. The van der Waals surface area contributed by atoms with E-state index in [-0.39, 0.29) is 0 Å². The predicted molar refractivity (Wildman–Crippen MR) is 83.8 cm³/mol. The van der Waals surface area contributed by atoms with Crippen LogP contribution < -0.4 is 5.32 Å². The fourth-order valence-electron chi connectivity index (χ4n) is 2.01. The van der Waals surface area contributed by atoms with Crippen LogP contribution in [0.5, 0.6) is 0 Å². The number of likely N-dealkylation sites (N-methyl/N-ethyl adjacent to an activating group) is 2. The molecular formula is C14H28N4S. The highest BCUT2D eigenvalue weighted by molar-refractivity contribution is 7.09. The molecule has 0 saturated carbocycles. The lowest BCUT2D eigenvalue weighted by Gasteiger charge is -2.19. The SMILES string of the molecule is CCN(CC)CCNCCN(C)Cc1csc(C)n1. The van der Waals surface area contributed by atoms with Crippen molar-refractivity contribution >= 4 is 11.3 Å². The van der Waals surface area contributed by atoms with Crippen LogP contribution in [0.2, 0.25) is 0 Å². The molecule has 1 heterocycles. The summed E-state index contributed by atoms with van der Waals surface area (Å²) < 4.78 is 0. The maximum absolute atomic E-state index is 4.49. The zero-order valence-electron chi connectivity index (χ0n) is 12.8. The van der Waals surface area contributed by atoms with Gasteiger partial charge in [0.25, 0.3) is 0 Å². The van der Waals surface area contributed by atoms with Gasteiger partial charge in [-0.25, -0.2) is 4.98 Å². The standard InChI is InChI=1S/C14H28N4S/c1-5-18(6-2)10-8-15-7-9-17(4)11-14-12-19-13(3)16-14/h12,15H,5-11H2,1-4H3. The van der Waals surface area contributed by atoms with Crippen LogP contribution in [0.25, 0.3) is 0 Å². The zero-order valence-corrected chi connectivity index (χ0v) is 13.6. The number of aromatic nitrogens is 1. The first-order chi connectivity index (χ1) is 9.15. The fraction of sp³-hybridized carbons (Fsp3) is 0.786. The van der Waals surface area contributed by atoms with Crippen LogP contribution in [-0.4, -0.2) is 61.1 Å². The van der Waals surface area contributed by atoms with Crippen LogP contribution >= 0.6 is 11.3 Å². The first kappa shape index (κ1) is 16.6. The molecule has 0 saturated heterocycles. The van der Waals surface area contributed by atoms with E-state index in [0.717, 1.165) is 50.8 Å². The van der Waals surface area contributed by atoms with Gasteiger partial charge in [-0.05, 0) is 27.1 Å². The third kappa shape index (κ3) is 7.01. The summed E-state index contributed by atoms with van der Waals surface area (Å²) in [6.07, 6.45) is 0. The van der Waals surface area contributed by atoms with E-state index in [4.69, 9.17) is 0 Å². The molecule has 0 aliphatic carbocycles. The van der Waals surface area contributed by atoms with E-state index < -0.39 is 0 Å². The van der Waals surface area contributed by atoms with Crippen LogP contribution in [0.4, 0.5) is 0 Å². The van der Waals surface area contributed by atoms with Gasteiger partial charge in [-0.15, -0.1) is 11.3 Å². The summed E-state index contributed by atoms with van der Waals surface area (Å²) >= 11 is 1.73. The van der Waals surface area contributed by atoms with Crippen molar-refractivity contribution in [2.75, 3.05) is 46.3 Å². The number of rotatable bonds is 10. The molecule has 0 fully saturated rings. The lowest BCUT2D eigenvalue weighted by Crippen LogP contribution is -2.35. The Bertz CT molecular complexity index is 336. The minimum absolute atomic E-state index is 0.946. The smallest absolute Gasteiger partial charge is 0.0897 e. The van der Waals surface area contributed by atoms with Crippen molar-refractivity contribution in [3.63, 3.8) is 0 Å². The molecule has 0 aromatic carbocycles. The Balaban J connectivity index is 2.05. The van der Waals surface area contributed by atoms with Crippen LogP contribution in [-0.2, 0) is 6.54 Å². The van der Waals surface area contributed by atoms with Crippen LogP contribution in [0.3, 0.4) is 0 Å². The van der Waals surface area contributed by atoms with Crippen molar-refractivity contribution in [2.45, 2.75) is 27.3 Å². The van der Waals surface area contributed by atoms with E-state index >= 15 is 0 Å². The van der Waals surface area contributed by atoms with Crippen LogP contribution in [0.1, 0.15) is 24.5 Å². The van der Waals surface area contributed by atoms with Gasteiger partial charge < -0.3 is 10.2 Å². The average Bonchev–Trinajstić information content (AvgIpc) is 2.79. The molecule has 0 amide bonds. The lowest BCUT2D eigenvalue weighted by atomic mass is 10.4. The quantitative estimate of drug-likeness (QED) is 0.664. The second-order valence-corrected chi connectivity index (χ2v) is 5.93. The molecular weight excluding hydrogens is 256 g/mol. The summed E-state index contributed by atoms with van der Waals surface area (Å²) in [7, 11) is 2.15. The second kappa shape index (κ2) is 9.42. The van der Waals surface area contributed by atoms with Crippen molar-refractivity contribution in [1.29, 1.82) is 0 Å². The first-order valence-electron chi connectivity index (χ1n) is 7.18. The second-order valence-electron chi connectivity index (χ2n) is 4.87. The topological polar surface area (TPSA) is 31.4 Å². The Labute approximate surface area is 121 Å². The number of nitrogens with zero attached hydrogens (tertiary/aromatic N) is 3. The van der Waals surface area contributed by atoms with E-state index in [1.165, 1.54) is 5.69 Å². The Morgan fingerprint density at radius 3 is 2.47 bits per heavy atom. The third-order valence-corrected chi connectivity index (χ3v) is 4.09. The third-order valence-electron chi connectivity index (χ3n) is 3.27.